The summed E-state index contributed by atoms with van der Waals surface area (Å²) in [7, 11) is 0. The molecule has 1 aliphatic rings. The molecule has 0 fully saturated rings. The first-order valence-corrected chi connectivity index (χ1v) is 9.03. The lowest BCUT2D eigenvalue weighted by Gasteiger charge is -2.04. The largest absolute Gasteiger partial charge is 0.325 e. The minimum Gasteiger partial charge on any atom is -0.325 e. The number of rotatable bonds is 3. The van der Waals surface area contributed by atoms with Crippen molar-refractivity contribution in [1.29, 1.82) is 0 Å². The van der Waals surface area contributed by atoms with Gasteiger partial charge in [0.15, 0.2) is 0 Å². The van der Waals surface area contributed by atoms with Crippen LogP contribution in [0.15, 0.2) is 47.8 Å². The molecule has 0 saturated heterocycles. The molecule has 120 valence electrons. The van der Waals surface area contributed by atoms with Crippen LogP contribution in [0.5, 0.6) is 0 Å². The molecular formula is C20H18N2OS. The second-order valence-electron chi connectivity index (χ2n) is 6.10. The lowest BCUT2D eigenvalue weighted by Crippen LogP contribution is -2.08. The maximum Gasteiger partial charge on any atom is 0.231 e. The predicted octanol–water partition coefficient (Wildman–Crippen LogP) is 5.10. The molecule has 0 radical (unpaired) electrons. The number of aryl methyl sites for hydroxylation is 1. The Kier molecular flexibility index (Phi) is 3.69. The van der Waals surface area contributed by atoms with Crippen molar-refractivity contribution in [3.8, 4) is 21.8 Å². The number of hydrogen-bond donors (Lipinski definition) is 1. The van der Waals surface area contributed by atoms with E-state index in [0.29, 0.717) is 0 Å². The van der Waals surface area contributed by atoms with E-state index in [1.54, 1.807) is 11.3 Å². The number of anilines is 1. The van der Waals surface area contributed by atoms with Crippen LogP contribution in [-0.2, 0) is 11.2 Å². The van der Waals surface area contributed by atoms with Crippen LogP contribution >= 0.6 is 11.3 Å². The molecule has 1 atom stereocenters. The van der Waals surface area contributed by atoms with Crippen molar-refractivity contribution in [1.82, 2.24) is 4.98 Å². The number of amides is 1. The number of nitrogens with zero attached hydrogens (tertiary/aromatic N) is 1. The topological polar surface area (TPSA) is 42.0 Å². The number of aromatic nitrogens is 1. The van der Waals surface area contributed by atoms with Gasteiger partial charge in [-0.05, 0) is 36.6 Å². The molecule has 1 amide bonds. The third-order valence-corrected chi connectivity index (χ3v) is 5.47. The SMILES string of the molecule is CCc1ccc(-c2nc(-c3ccc4c(c3)[C@@H](C)C(=O)N4)cs2)cc1. The number of nitrogens with one attached hydrogen (secondary N) is 1. The Morgan fingerprint density at radius 3 is 2.62 bits per heavy atom. The van der Waals surface area contributed by atoms with Gasteiger partial charge in [-0.25, -0.2) is 4.98 Å². The monoisotopic (exact) mass is 334 g/mol. The van der Waals surface area contributed by atoms with Crippen LogP contribution in [0.4, 0.5) is 5.69 Å². The molecule has 0 spiro atoms. The molecule has 0 bridgehead atoms. The summed E-state index contributed by atoms with van der Waals surface area (Å²) >= 11 is 1.65. The molecule has 4 heteroatoms. The molecule has 3 nitrogen and oxygen atoms in total. The maximum atomic E-state index is 11.8. The highest BCUT2D eigenvalue weighted by atomic mass is 32.1. The van der Waals surface area contributed by atoms with Crippen molar-refractivity contribution >= 4 is 22.9 Å². The van der Waals surface area contributed by atoms with E-state index in [1.165, 1.54) is 5.56 Å². The fourth-order valence-corrected chi connectivity index (χ4v) is 3.83. The van der Waals surface area contributed by atoms with Crippen molar-refractivity contribution in [3.63, 3.8) is 0 Å². The molecule has 2 heterocycles. The van der Waals surface area contributed by atoms with Gasteiger partial charge < -0.3 is 5.32 Å². The van der Waals surface area contributed by atoms with E-state index >= 15 is 0 Å². The standard InChI is InChI=1S/C20H18N2OS/c1-3-13-4-6-14(7-5-13)20-22-18(11-24-20)15-8-9-17-16(10-15)12(2)19(23)21-17/h4-12H,3H2,1-2H3,(H,21,23)/t12-/m1/s1. The summed E-state index contributed by atoms with van der Waals surface area (Å²) in [4.78, 5) is 16.6. The number of fused-ring (bicyclic) bond motifs is 1. The average Bonchev–Trinajstić information content (AvgIpc) is 3.21. The van der Waals surface area contributed by atoms with Gasteiger partial charge in [0.25, 0.3) is 0 Å². The van der Waals surface area contributed by atoms with Crippen molar-refractivity contribution in [2.24, 2.45) is 0 Å². The maximum absolute atomic E-state index is 11.8. The molecule has 24 heavy (non-hydrogen) atoms. The van der Waals surface area contributed by atoms with Crippen molar-refractivity contribution in [2.45, 2.75) is 26.2 Å². The summed E-state index contributed by atoms with van der Waals surface area (Å²) in [5, 5.41) is 6.02. The highest BCUT2D eigenvalue weighted by Crippen LogP contribution is 2.36. The van der Waals surface area contributed by atoms with Gasteiger partial charge in [-0.3, -0.25) is 4.79 Å². The number of thiazole rings is 1. The van der Waals surface area contributed by atoms with Crippen LogP contribution in [0, 0.1) is 0 Å². The Morgan fingerprint density at radius 2 is 1.88 bits per heavy atom. The second kappa shape index (κ2) is 5.87. The molecule has 0 saturated carbocycles. The quantitative estimate of drug-likeness (QED) is 0.724. The fraction of sp³-hybridized carbons (Fsp3) is 0.200. The summed E-state index contributed by atoms with van der Waals surface area (Å²) in [6.07, 6.45) is 1.05. The Morgan fingerprint density at radius 1 is 1.12 bits per heavy atom. The Labute approximate surface area is 145 Å². The van der Waals surface area contributed by atoms with E-state index < -0.39 is 0 Å². The number of benzene rings is 2. The van der Waals surface area contributed by atoms with Crippen LogP contribution in [0.1, 0.15) is 30.9 Å². The lowest BCUT2D eigenvalue weighted by molar-refractivity contribution is -0.116. The summed E-state index contributed by atoms with van der Waals surface area (Å²) in [5.74, 6) is -0.0308. The molecule has 1 aliphatic heterocycles. The van der Waals surface area contributed by atoms with Crippen LogP contribution in [0.2, 0.25) is 0 Å². The molecular weight excluding hydrogens is 316 g/mol. The van der Waals surface area contributed by atoms with Crippen LogP contribution in [0.3, 0.4) is 0 Å². The van der Waals surface area contributed by atoms with Gasteiger partial charge in [0.05, 0.1) is 11.6 Å². The molecule has 1 N–H and O–H groups in total. The minimum absolute atomic E-state index is 0.0668. The van der Waals surface area contributed by atoms with E-state index in [1.807, 2.05) is 19.1 Å². The fourth-order valence-electron chi connectivity index (χ4n) is 3.00. The molecule has 1 aromatic heterocycles. The van der Waals surface area contributed by atoms with Crippen molar-refractivity contribution in [3.05, 3.63) is 59.0 Å². The Hall–Kier alpha value is -2.46. The van der Waals surface area contributed by atoms with Crippen LogP contribution in [0.25, 0.3) is 21.8 Å². The highest BCUT2D eigenvalue weighted by molar-refractivity contribution is 7.13. The van der Waals surface area contributed by atoms with Gasteiger partial charge in [0, 0.05) is 22.2 Å². The predicted molar refractivity (Wildman–Crippen MR) is 99.4 cm³/mol. The van der Waals surface area contributed by atoms with Crippen LogP contribution in [-0.4, -0.2) is 10.9 Å². The summed E-state index contributed by atoms with van der Waals surface area (Å²) in [5.41, 5.74) is 6.48. The number of carbonyl (C=O) groups is 1. The van der Waals surface area contributed by atoms with Crippen LogP contribution < -0.4 is 5.32 Å². The van der Waals surface area contributed by atoms with Gasteiger partial charge in [0.1, 0.15) is 5.01 Å². The lowest BCUT2D eigenvalue weighted by atomic mass is 9.99. The average molecular weight is 334 g/mol. The molecule has 0 aliphatic carbocycles. The first-order valence-electron chi connectivity index (χ1n) is 8.15. The summed E-state index contributed by atoms with van der Waals surface area (Å²) < 4.78 is 0. The Balaban J connectivity index is 1.67. The van der Waals surface area contributed by atoms with Gasteiger partial charge >= 0.3 is 0 Å². The third kappa shape index (κ3) is 2.53. The van der Waals surface area contributed by atoms with E-state index in [-0.39, 0.29) is 11.8 Å². The molecule has 4 rings (SSSR count). The highest BCUT2D eigenvalue weighted by Gasteiger charge is 2.26. The van der Waals surface area contributed by atoms with E-state index in [0.717, 1.165) is 39.5 Å². The van der Waals surface area contributed by atoms with Gasteiger partial charge in [-0.1, -0.05) is 37.3 Å². The second-order valence-corrected chi connectivity index (χ2v) is 6.96. The third-order valence-electron chi connectivity index (χ3n) is 4.58. The summed E-state index contributed by atoms with van der Waals surface area (Å²) in [6.45, 7) is 4.09. The molecule has 3 aromatic rings. The van der Waals surface area contributed by atoms with Gasteiger partial charge in [-0.15, -0.1) is 11.3 Å². The number of carbonyl (C=O) groups excluding carboxylic acids is 1. The minimum atomic E-state index is -0.0976. The zero-order valence-corrected chi connectivity index (χ0v) is 14.5. The molecule has 2 aromatic carbocycles. The van der Waals surface area contributed by atoms with Gasteiger partial charge in [0.2, 0.25) is 5.91 Å². The van der Waals surface area contributed by atoms with Gasteiger partial charge in [-0.2, -0.15) is 0 Å². The summed E-state index contributed by atoms with van der Waals surface area (Å²) in [6, 6.07) is 14.7. The van der Waals surface area contributed by atoms with Crippen molar-refractivity contribution < 1.29 is 4.79 Å². The zero-order valence-electron chi connectivity index (χ0n) is 13.7. The zero-order chi connectivity index (χ0) is 16.7. The van der Waals surface area contributed by atoms with Crippen molar-refractivity contribution in [2.75, 3.05) is 5.32 Å². The smallest absolute Gasteiger partial charge is 0.231 e. The van der Waals surface area contributed by atoms with E-state index in [9.17, 15) is 4.79 Å². The van der Waals surface area contributed by atoms with E-state index in [2.05, 4.69) is 48.0 Å². The number of hydrogen-bond acceptors (Lipinski definition) is 3. The Bertz CT molecular complexity index is 912. The first kappa shape index (κ1) is 15.1. The van der Waals surface area contributed by atoms with E-state index in [4.69, 9.17) is 4.98 Å². The first-order chi connectivity index (χ1) is 11.7. The molecule has 0 unspecified atom stereocenters. The normalized spacial score (nSPS) is 16.1.